The highest BCUT2D eigenvalue weighted by atomic mass is 16.5. The fourth-order valence-corrected chi connectivity index (χ4v) is 1.92. The summed E-state index contributed by atoms with van der Waals surface area (Å²) in [6.07, 6.45) is 2.03. The molecule has 0 aliphatic rings. The van der Waals surface area contributed by atoms with E-state index in [0.717, 1.165) is 37.4 Å². The second kappa shape index (κ2) is 8.18. The topological polar surface area (TPSA) is 85.1 Å². The van der Waals surface area contributed by atoms with Crippen LogP contribution in [0.5, 0.6) is 0 Å². The predicted octanol–water partition coefficient (Wildman–Crippen LogP) is 2.27. The number of nitrogens with zero attached hydrogens (tertiary/aromatic N) is 2. The van der Waals surface area contributed by atoms with E-state index in [1.54, 1.807) is 13.2 Å². The zero-order valence-electron chi connectivity index (χ0n) is 12.2. The molecule has 0 aliphatic heterocycles. The number of hydrogen-bond donors (Lipinski definition) is 3. The lowest BCUT2D eigenvalue weighted by Crippen LogP contribution is -2.12. The van der Waals surface area contributed by atoms with Gasteiger partial charge in [0.2, 0.25) is 0 Å². The molecule has 0 unspecified atom stereocenters. The molecule has 1 aromatic carbocycles. The van der Waals surface area contributed by atoms with Crippen LogP contribution in [-0.4, -0.2) is 30.2 Å². The van der Waals surface area contributed by atoms with Gasteiger partial charge in [-0.05, 0) is 12.8 Å². The van der Waals surface area contributed by atoms with Crippen LogP contribution in [0.2, 0.25) is 0 Å². The molecule has 0 saturated carbocycles. The Morgan fingerprint density at radius 2 is 1.86 bits per heavy atom. The summed E-state index contributed by atoms with van der Waals surface area (Å²) in [5.74, 6) is 7.46. The number of aromatic nitrogens is 2. The van der Waals surface area contributed by atoms with Crippen molar-refractivity contribution >= 4 is 11.6 Å². The number of nitrogen functional groups attached to an aromatic ring is 1. The second-order valence-corrected chi connectivity index (χ2v) is 4.60. The summed E-state index contributed by atoms with van der Waals surface area (Å²) in [4.78, 5) is 8.89. The van der Waals surface area contributed by atoms with Gasteiger partial charge < -0.3 is 15.5 Å². The normalized spacial score (nSPS) is 10.4. The summed E-state index contributed by atoms with van der Waals surface area (Å²) in [5, 5.41) is 3.29. The van der Waals surface area contributed by atoms with Gasteiger partial charge in [-0.2, -0.15) is 0 Å². The van der Waals surface area contributed by atoms with Crippen LogP contribution in [-0.2, 0) is 4.74 Å². The Kier molecular flexibility index (Phi) is 5.93. The van der Waals surface area contributed by atoms with Gasteiger partial charge in [0.25, 0.3) is 0 Å². The first kappa shape index (κ1) is 15.2. The first-order valence-electron chi connectivity index (χ1n) is 6.97. The number of hydrogen-bond acceptors (Lipinski definition) is 6. The van der Waals surface area contributed by atoms with Gasteiger partial charge in [0.1, 0.15) is 11.6 Å². The molecule has 0 amide bonds. The molecule has 0 spiro atoms. The molecule has 0 bridgehead atoms. The Morgan fingerprint density at radius 1 is 1.10 bits per heavy atom. The molecule has 2 rings (SSSR count). The fourth-order valence-electron chi connectivity index (χ4n) is 1.92. The molecule has 112 valence electrons. The molecular weight excluding hydrogens is 266 g/mol. The number of ether oxygens (including phenoxy) is 1. The van der Waals surface area contributed by atoms with Gasteiger partial charge in [-0.3, -0.25) is 0 Å². The van der Waals surface area contributed by atoms with E-state index in [1.807, 2.05) is 30.3 Å². The van der Waals surface area contributed by atoms with Crippen molar-refractivity contribution in [3.8, 4) is 11.4 Å². The number of benzene rings is 1. The summed E-state index contributed by atoms with van der Waals surface area (Å²) < 4.78 is 5.03. The molecule has 4 N–H and O–H groups in total. The van der Waals surface area contributed by atoms with Gasteiger partial charge in [0.05, 0.1) is 0 Å². The van der Waals surface area contributed by atoms with Crippen molar-refractivity contribution in [2.24, 2.45) is 5.84 Å². The maximum atomic E-state index is 5.48. The Labute approximate surface area is 124 Å². The highest BCUT2D eigenvalue weighted by Crippen LogP contribution is 2.19. The van der Waals surface area contributed by atoms with Crippen molar-refractivity contribution in [1.82, 2.24) is 9.97 Å². The van der Waals surface area contributed by atoms with Crippen molar-refractivity contribution in [3.63, 3.8) is 0 Å². The minimum atomic E-state index is 0.586. The third kappa shape index (κ3) is 4.70. The van der Waals surface area contributed by atoms with Crippen LogP contribution >= 0.6 is 0 Å². The van der Waals surface area contributed by atoms with E-state index >= 15 is 0 Å². The Balaban J connectivity index is 2.07. The molecule has 0 fully saturated rings. The molecule has 6 heteroatoms. The summed E-state index contributed by atoms with van der Waals surface area (Å²) in [6.45, 7) is 1.61. The first-order valence-corrected chi connectivity index (χ1v) is 6.97. The van der Waals surface area contributed by atoms with E-state index in [2.05, 4.69) is 20.7 Å². The maximum absolute atomic E-state index is 5.48. The SMILES string of the molecule is COCCCCNc1cc(NN)nc(-c2ccccc2)n1. The molecule has 1 heterocycles. The lowest BCUT2D eigenvalue weighted by atomic mass is 10.2. The van der Waals surface area contributed by atoms with Gasteiger partial charge in [0.15, 0.2) is 5.82 Å². The van der Waals surface area contributed by atoms with Crippen molar-refractivity contribution in [1.29, 1.82) is 0 Å². The molecule has 0 saturated heterocycles. The molecular formula is C15H21N5O. The molecule has 21 heavy (non-hydrogen) atoms. The van der Waals surface area contributed by atoms with Crippen molar-refractivity contribution in [2.75, 3.05) is 31.0 Å². The van der Waals surface area contributed by atoms with Crippen LogP contribution in [0.25, 0.3) is 11.4 Å². The minimum Gasteiger partial charge on any atom is -0.385 e. The van der Waals surface area contributed by atoms with Gasteiger partial charge in [-0.25, -0.2) is 15.8 Å². The number of methoxy groups -OCH3 is 1. The number of nitrogens with two attached hydrogens (primary N) is 1. The molecule has 0 radical (unpaired) electrons. The highest BCUT2D eigenvalue weighted by molar-refractivity contribution is 5.60. The minimum absolute atomic E-state index is 0.586. The van der Waals surface area contributed by atoms with E-state index in [1.165, 1.54) is 0 Å². The van der Waals surface area contributed by atoms with Crippen LogP contribution in [0, 0.1) is 0 Å². The second-order valence-electron chi connectivity index (χ2n) is 4.60. The number of rotatable bonds is 8. The van der Waals surface area contributed by atoms with Crippen LogP contribution in [0.15, 0.2) is 36.4 Å². The van der Waals surface area contributed by atoms with E-state index in [4.69, 9.17) is 10.6 Å². The fraction of sp³-hybridized carbons (Fsp3) is 0.333. The number of anilines is 2. The lowest BCUT2D eigenvalue weighted by Gasteiger charge is -2.09. The molecule has 0 aliphatic carbocycles. The average Bonchev–Trinajstić information content (AvgIpc) is 2.55. The maximum Gasteiger partial charge on any atom is 0.163 e. The van der Waals surface area contributed by atoms with E-state index in [0.29, 0.717) is 11.6 Å². The number of nitrogens with one attached hydrogen (secondary N) is 2. The Morgan fingerprint density at radius 3 is 2.57 bits per heavy atom. The molecule has 2 aromatic rings. The zero-order chi connectivity index (χ0) is 14.9. The lowest BCUT2D eigenvalue weighted by molar-refractivity contribution is 0.194. The largest absolute Gasteiger partial charge is 0.385 e. The number of unbranched alkanes of at least 4 members (excludes halogenated alkanes) is 1. The monoisotopic (exact) mass is 287 g/mol. The molecule has 1 aromatic heterocycles. The summed E-state index contributed by atoms with van der Waals surface area (Å²) >= 11 is 0. The average molecular weight is 287 g/mol. The standard InChI is InChI=1S/C15H21N5O/c1-21-10-6-5-9-17-13-11-14(20-16)19-15(18-13)12-7-3-2-4-8-12/h2-4,7-8,11H,5-6,9-10,16H2,1H3,(H2,17,18,19,20). The Bertz CT molecular complexity index is 547. The van der Waals surface area contributed by atoms with E-state index < -0.39 is 0 Å². The van der Waals surface area contributed by atoms with Crippen molar-refractivity contribution in [3.05, 3.63) is 36.4 Å². The summed E-state index contributed by atoms with van der Waals surface area (Å²) in [6, 6.07) is 11.6. The quantitative estimate of drug-likeness (QED) is 0.392. The van der Waals surface area contributed by atoms with E-state index in [-0.39, 0.29) is 0 Å². The van der Waals surface area contributed by atoms with Crippen LogP contribution < -0.4 is 16.6 Å². The molecule has 6 nitrogen and oxygen atoms in total. The third-order valence-corrected chi connectivity index (χ3v) is 2.99. The van der Waals surface area contributed by atoms with Gasteiger partial charge in [-0.1, -0.05) is 30.3 Å². The third-order valence-electron chi connectivity index (χ3n) is 2.99. The Hall–Kier alpha value is -2.18. The van der Waals surface area contributed by atoms with Crippen LogP contribution in [0.4, 0.5) is 11.6 Å². The predicted molar refractivity (Wildman–Crippen MR) is 84.9 cm³/mol. The van der Waals surface area contributed by atoms with Crippen LogP contribution in [0.1, 0.15) is 12.8 Å². The first-order chi connectivity index (χ1) is 10.3. The van der Waals surface area contributed by atoms with Crippen molar-refractivity contribution < 1.29 is 4.74 Å². The highest BCUT2D eigenvalue weighted by Gasteiger charge is 2.05. The van der Waals surface area contributed by atoms with Crippen molar-refractivity contribution in [2.45, 2.75) is 12.8 Å². The smallest absolute Gasteiger partial charge is 0.163 e. The van der Waals surface area contributed by atoms with Gasteiger partial charge >= 0.3 is 0 Å². The van der Waals surface area contributed by atoms with Gasteiger partial charge in [0, 0.05) is 31.9 Å². The summed E-state index contributed by atoms with van der Waals surface area (Å²) in [7, 11) is 1.71. The molecule has 0 atom stereocenters. The van der Waals surface area contributed by atoms with Gasteiger partial charge in [-0.15, -0.1) is 0 Å². The zero-order valence-corrected chi connectivity index (χ0v) is 12.2. The van der Waals surface area contributed by atoms with E-state index in [9.17, 15) is 0 Å². The van der Waals surface area contributed by atoms with Crippen LogP contribution in [0.3, 0.4) is 0 Å². The summed E-state index contributed by atoms with van der Waals surface area (Å²) in [5.41, 5.74) is 3.53. The number of hydrazine groups is 1.